The molecular weight excluding hydrogens is 206 g/mol. The molecule has 1 rings (SSSR count). The Balaban J connectivity index is 0.00000169. The number of carboxylic acid groups (broad SMARTS) is 1. The average molecular weight is 224 g/mol. The topological polar surface area (TPSA) is 60.8 Å². The summed E-state index contributed by atoms with van der Waals surface area (Å²) >= 11 is 0. The van der Waals surface area contributed by atoms with Crippen molar-refractivity contribution in [2.45, 2.75) is 45.2 Å². The minimum Gasteiger partial charge on any atom is -0.481 e. The zero-order valence-electron chi connectivity index (χ0n) is 8.94. The van der Waals surface area contributed by atoms with Crippen molar-refractivity contribution in [2.24, 2.45) is 5.92 Å². The number of rotatable bonds is 1. The number of carbonyl (C=O) groups is 1. The van der Waals surface area contributed by atoms with Gasteiger partial charge in [0, 0.05) is 5.54 Å². The van der Waals surface area contributed by atoms with Crippen LogP contribution >= 0.6 is 12.4 Å². The van der Waals surface area contributed by atoms with Crippen LogP contribution in [0.5, 0.6) is 0 Å². The number of carboxylic acids is 1. The van der Waals surface area contributed by atoms with Crippen molar-refractivity contribution >= 4 is 18.4 Å². The first kappa shape index (κ1) is 13.7. The summed E-state index contributed by atoms with van der Waals surface area (Å²) in [6.45, 7) is 7.19. The molecule has 1 unspecified atom stereocenters. The Labute approximate surface area is 90.3 Å². The molecule has 0 aromatic rings. The largest absolute Gasteiger partial charge is 0.481 e. The lowest BCUT2D eigenvalue weighted by molar-refractivity contribution is -0.199. The van der Waals surface area contributed by atoms with E-state index in [-0.39, 0.29) is 12.4 Å². The van der Waals surface area contributed by atoms with E-state index in [9.17, 15) is 10.0 Å². The van der Waals surface area contributed by atoms with Gasteiger partial charge in [-0.25, -0.2) is 0 Å². The molecule has 2 N–H and O–H groups in total. The molecule has 0 saturated carbocycles. The van der Waals surface area contributed by atoms with Crippen LogP contribution in [0.2, 0.25) is 0 Å². The second-order valence-electron chi connectivity index (χ2n) is 4.87. The average Bonchev–Trinajstić information content (AvgIpc) is 2.11. The monoisotopic (exact) mass is 223 g/mol. The number of halogens is 1. The molecule has 0 bridgehead atoms. The third-order valence-electron chi connectivity index (χ3n) is 2.97. The molecule has 5 heteroatoms. The van der Waals surface area contributed by atoms with Gasteiger partial charge in [0.2, 0.25) is 0 Å². The van der Waals surface area contributed by atoms with Crippen LogP contribution in [-0.2, 0) is 4.79 Å². The molecule has 4 nitrogen and oxygen atoms in total. The quantitative estimate of drug-likeness (QED) is 0.711. The molecule has 0 aromatic heterocycles. The summed E-state index contributed by atoms with van der Waals surface area (Å²) in [6.07, 6.45) is 0.478. The van der Waals surface area contributed by atoms with Crippen LogP contribution in [-0.4, -0.2) is 32.4 Å². The molecule has 0 aliphatic carbocycles. The number of nitrogens with zero attached hydrogens (tertiary/aromatic N) is 1. The number of hydrogen-bond donors (Lipinski definition) is 2. The molecule has 0 spiro atoms. The van der Waals surface area contributed by atoms with E-state index in [1.54, 1.807) is 13.8 Å². The lowest BCUT2D eigenvalue weighted by Gasteiger charge is -2.34. The summed E-state index contributed by atoms with van der Waals surface area (Å²) in [4.78, 5) is 10.9. The van der Waals surface area contributed by atoms with Gasteiger partial charge in [-0.1, -0.05) is 0 Å². The Morgan fingerprint density at radius 3 is 1.93 bits per heavy atom. The maximum Gasteiger partial charge on any atom is 0.308 e. The van der Waals surface area contributed by atoms with E-state index < -0.39 is 23.0 Å². The minimum absolute atomic E-state index is 0. The molecule has 1 atom stereocenters. The molecule has 0 radical (unpaired) electrons. The number of hydrogen-bond acceptors (Lipinski definition) is 3. The van der Waals surface area contributed by atoms with E-state index in [4.69, 9.17) is 5.11 Å². The van der Waals surface area contributed by atoms with Crippen LogP contribution in [0.25, 0.3) is 0 Å². The fourth-order valence-corrected chi connectivity index (χ4v) is 2.15. The molecule has 1 saturated heterocycles. The van der Waals surface area contributed by atoms with Gasteiger partial charge in [-0.3, -0.25) is 4.79 Å². The van der Waals surface area contributed by atoms with Gasteiger partial charge in [-0.05, 0) is 34.1 Å². The normalized spacial score (nSPS) is 29.6. The summed E-state index contributed by atoms with van der Waals surface area (Å²) < 4.78 is 0. The van der Waals surface area contributed by atoms with Crippen LogP contribution in [0.4, 0.5) is 0 Å². The first-order valence-electron chi connectivity index (χ1n) is 4.41. The van der Waals surface area contributed by atoms with Crippen molar-refractivity contribution in [2.75, 3.05) is 0 Å². The van der Waals surface area contributed by atoms with Gasteiger partial charge in [0.15, 0.2) is 0 Å². The standard InChI is InChI=1S/C9H17NO3.ClH/c1-8(2)5-6(7(11)12)9(3,4)10(8)13;/h6,13H,5H2,1-4H3,(H,11,12);1H. The third-order valence-corrected chi connectivity index (χ3v) is 2.97. The fourth-order valence-electron chi connectivity index (χ4n) is 2.15. The van der Waals surface area contributed by atoms with E-state index in [0.29, 0.717) is 6.42 Å². The molecule has 0 amide bonds. The molecule has 84 valence electrons. The van der Waals surface area contributed by atoms with Crippen molar-refractivity contribution in [1.82, 2.24) is 5.06 Å². The van der Waals surface area contributed by atoms with Crippen LogP contribution in [0.3, 0.4) is 0 Å². The second kappa shape index (κ2) is 3.68. The fraction of sp³-hybridized carbons (Fsp3) is 0.889. The number of hydroxylamine groups is 2. The number of aliphatic carboxylic acids is 1. The summed E-state index contributed by atoms with van der Waals surface area (Å²) in [5, 5.41) is 19.9. The van der Waals surface area contributed by atoms with Gasteiger partial charge in [0.25, 0.3) is 0 Å². The van der Waals surface area contributed by atoms with E-state index in [1.165, 1.54) is 5.06 Å². The molecule has 1 fully saturated rings. The SMILES string of the molecule is CC1(C)CC(C(=O)O)C(C)(C)N1O.Cl. The van der Waals surface area contributed by atoms with Crippen molar-refractivity contribution < 1.29 is 15.1 Å². The molecule has 1 aliphatic heterocycles. The van der Waals surface area contributed by atoms with E-state index in [0.717, 1.165) is 0 Å². The van der Waals surface area contributed by atoms with Crippen molar-refractivity contribution in [3.63, 3.8) is 0 Å². The molecule has 1 heterocycles. The predicted molar refractivity (Wildman–Crippen MR) is 54.8 cm³/mol. The highest BCUT2D eigenvalue weighted by molar-refractivity contribution is 5.85. The Hall–Kier alpha value is -0.320. The van der Waals surface area contributed by atoms with Crippen LogP contribution in [0.15, 0.2) is 0 Å². The van der Waals surface area contributed by atoms with Crippen molar-refractivity contribution in [3.05, 3.63) is 0 Å². The third kappa shape index (κ3) is 1.87. The second-order valence-corrected chi connectivity index (χ2v) is 4.87. The zero-order chi connectivity index (χ0) is 10.4. The molecule has 14 heavy (non-hydrogen) atoms. The van der Waals surface area contributed by atoms with Crippen molar-refractivity contribution in [3.8, 4) is 0 Å². The lowest BCUT2D eigenvalue weighted by atomic mass is 9.87. The van der Waals surface area contributed by atoms with Crippen LogP contribution in [0.1, 0.15) is 34.1 Å². The Morgan fingerprint density at radius 2 is 1.79 bits per heavy atom. The van der Waals surface area contributed by atoms with Crippen LogP contribution in [0, 0.1) is 5.92 Å². The van der Waals surface area contributed by atoms with Crippen molar-refractivity contribution in [1.29, 1.82) is 0 Å². The maximum atomic E-state index is 10.9. The maximum absolute atomic E-state index is 10.9. The Kier molecular flexibility index (Phi) is 3.60. The van der Waals surface area contributed by atoms with Gasteiger partial charge in [-0.2, -0.15) is 5.06 Å². The van der Waals surface area contributed by atoms with Gasteiger partial charge in [0.1, 0.15) is 0 Å². The first-order valence-corrected chi connectivity index (χ1v) is 4.41. The molecule has 0 aromatic carbocycles. The van der Waals surface area contributed by atoms with Gasteiger partial charge in [0.05, 0.1) is 11.5 Å². The predicted octanol–water partition coefficient (Wildman–Crippen LogP) is 1.76. The van der Waals surface area contributed by atoms with E-state index >= 15 is 0 Å². The highest BCUT2D eigenvalue weighted by Gasteiger charge is 2.54. The first-order chi connectivity index (χ1) is 5.69. The van der Waals surface area contributed by atoms with Gasteiger partial charge in [-0.15, -0.1) is 12.4 Å². The molecule has 1 aliphatic rings. The van der Waals surface area contributed by atoms with E-state index in [1.807, 2.05) is 13.8 Å². The summed E-state index contributed by atoms with van der Waals surface area (Å²) in [6, 6.07) is 0. The highest BCUT2D eigenvalue weighted by Crippen LogP contribution is 2.43. The zero-order valence-corrected chi connectivity index (χ0v) is 9.76. The van der Waals surface area contributed by atoms with Gasteiger partial charge >= 0.3 is 5.97 Å². The summed E-state index contributed by atoms with van der Waals surface area (Å²) in [5.41, 5.74) is -1.14. The van der Waals surface area contributed by atoms with Crippen LogP contribution < -0.4 is 0 Å². The lowest BCUT2D eigenvalue weighted by Crippen LogP contribution is -2.48. The highest BCUT2D eigenvalue weighted by atomic mass is 35.5. The summed E-state index contributed by atoms with van der Waals surface area (Å²) in [5.74, 6) is -1.35. The van der Waals surface area contributed by atoms with E-state index in [2.05, 4.69) is 0 Å². The summed E-state index contributed by atoms with van der Waals surface area (Å²) in [7, 11) is 0. The minimum atomic E-state index is -0.838. The Bertz CT molecular complexity index is 240. The van der Waals surface area contributed by atoms with Gasteiger partial charge < -0.3 is 10.3 Å². The Morgan fingerprint density at radius 1 is 1.36 bits per heavy atom. The molecular formula is C9H18ClNO3. The smallest absolute Gasteiger partial charge is 0.308 e.